The molecule has 0 aliphatic carbocycles. The minimum Gasteiger partial charge on any atom is -0.466 e. The lowest BCUT2D eigenvalue weighted by Crippen LogP contribution is -2.43. The third-order valence-electron chi connectivity index (χ3n) is 5.40. The molecular weight excluding hydrogens is 462 g/mol. The van der Waals surface area contributed by atoms with E-state index in [4.69, 9.17) is 14.2 Å². The van der Waals surface area contributed by atoms with Crippen molar-refractivity contribution >= 4 is 27.9 Å². The Balaban J connectivity index is 1.61. The Hall–Kier alpha value is -3.24. The van der Waals surface area contributed by atoms with Crippen molar-refractivity contribution in [1.29, 1.82) is 0 Å². The Morgan fingerprint density at radius 2 is 1.68 bits per heavy atom. The van der Waals surface area contributed by atoms with Crippen LogP contribution < -0.4 is 0 Å². The molecule has 0 saturated carbocycles. The van der Waals surface area contributed by atoms with Gasteiger partial charge in [-0.3, -0.25) is 9.59 Å². The van der Waals surface area contributed by atoms with E-state index in [0.717, 1.165) is 17.0 Å². The van der Waals surface area contributed by atoms with E-state index >= 15 is 0 Å². The van der Waals surface area contributed by atoms with Crippen molar-refractivity contribution in [1.82, 2.24) is 4.31 Å². The first kappa shape index (κ1) is 25.4. The van der Waals surface area contributed by atoms with Crippen LogP contribution >= 0.6 is 0 Å². The Morgan fingerprint density at radius 3 is 2.32 bits per heavy atom. The van der Waals surface area contributed by atoms with Crippen LogP contribution in [0.5, 0.6) is 0 Å². The Labute approximate surface area is 198 Å². The molecule has 0 bridgehead atoms. The molecular formula is C24H27NO8S. The Morgan fingerprint density at radius 1 is 1.03 bits per heavy atom. The van der Waals surface area contributed by atoms with Gasteiger partial charge in [-0.1, -0.05) is 48.5 Å². The predicted octanol–water partition coefficient (Wildman–Crippen LogP) is 2.45. The minimum absolute atomic E-state index is 0.0698. The van der Waals surface area contributed by atoms with Gasteiger partial charge in [0, 0.05) is 19.4 Å². The van der Waals surface area contributed by atoms with E-state index in [9.17, 15) is 22.8 Å². The summed E-state index contributed by atoms with van der Waals surface area (Å²) in [5, 5.41) is 0. The van der Waals surface area contributed by atoms with Crippen molar-refractivity contribution in [2.75, 3.05) is 13.7 Å². The zero-order valence-corrected chi connectivity index (χ0v) is 19.6. The van der Waals surface area contributed by atoms with Crippen LogP contribution in [0.15, 0.2) is 65.6 Å². The van der Waals surface area contributed by atoms with Gasteiger partial charge in [-0.05, 0) is 30.5 Å². The van der Waals surface area contributed by atoms with E-state index in [1.54, 1.807) is 18.2 Å². The molecule has 0 spiro atoms. The zero-order chi connectivity index (χ0) is 24.6. The third kappa shape index (κ3) is 6.42. The van der Waals surface area contributed by atoms with Crippen molar-refractivity contribution < 1.29 is 37.0 Å². The largest absolute Gasteiger partial charge is 0.466 e. The Bertz CT molecular complexity index is 1090. The number of carbonyl (C=O) groups excluding carboxylic acids is 3. The molecule has 34 heavy (non-hydrogen) atoms. The molecule has 0 amide bonds. The molecule has 1 aliphatic rings. The van der Waals surface area contributed by atoms with E-state index in [0.29, 0.717) is 6.42 Å². The number of sulfonamides is 1. The summed E-state index contributed by atoms with van der Waals surface area (Å²) in [5.41, 5.74) is 0.813. The van der Waals surface area contributed by atoms with Crippen molar-refractivity contribution in [3.05, 3.63) is 66.2 Å². The van der Waals surface area contributed by atoms with E-state index < -0.39 is 40.1 Å². The van der Waals surface area contributed by atoms with Gasteiger partial charge < -0.3 is 14.2 Å². The van der Waals surface area contributed by atoms with Crippen molar-refractivity contribution in [2.45, 2.75) is 49.3 Å². The number of hydrogen-bond donors (Lipinski definition) is 0. The normalized spacial score (nSPS) is 17.0. The van der Waals surface area contributed by atoms with Crippen LogP contribution in [0.25, 0.3) is 0 Å². The summed E-state index contributed by atoms with van der Waals surface area (Å²) in [6.45, 7) is 0.239. The molecule has 1 fully saturated rings. The zero-order valence-electron chi connectivity index (χ0n) is 18.8. The van der Waals surface area contributed by atoms with Crippen LogP contribution in [0.1, 0.15) is 31.2 Å². The fraction of sp³-hybridized carbons (Fsp3) is 0.375. The van der Waals surface area contributed by atoms with Gasteiger partial charge in [0.1, 0.15) is 12.6 Å². The van der Waals surface area contributed by atoms with Crippen LogP contribution in [-0.4, -0.2) is 56.4 Å². The first-order valence-electron chi connectivity index (χ1n) is 10.9. The summed E-state index contributed by atoms with van der Waals surface area (Å²) in [6.07, 6.45) is -0.956. The lowest BCUT2D eigenvalue weighted by Gasteiger charge is -2.24. The van der Waals surface area contributed by atoms with E-state index in [-0.39, 0.29) is 37.3 Å². The molecule has 1 saturated heterocycles. The lowest BCUT2D eigenvalue weighted by atomic mass is 10.2. The summed E-state index contributed by atoms with van der Waals surface area (Å²) >= 11 is 0. The molecule has 3 rings (SSSR count). The summed E-state index contributed by atoms with van der Waals surface area (Å²) in [5.74, 6) is -2.26. The smallest absolute Gasteiger partial charge is 0.347 e. The van der Waals surface area contributed by atoms with Crippen molar-refractivity contribution in [3.8, 4) is 0 Å². The summed E-state index contributed by atoms with van der Waals surface area (Å²) in [6, 6.07) is 15.8. The molecule has 2 aromatic rings. The number of nitrogens with zero attached hydrogens (tertiary/aromatic N) is 1. The monoisotopic (exact) mass is 489 g/mol. The van der Waals surface area contributed by atoms with Gasteiger partial charge in [0.25, 0.3) is 0 Å². The van der Waals surface area contributed by atoms with Gasteiger partial charge in [0.15, 0.2) is 6.10 Å². The highest BCUT2D eigenvalue weighted by atomic mass is 32.2. The molecule has 1 aliphatic heterocycles. The van der Waals surface area contributed by atoms with Crippen LogP contribution in [-0.2, 0) is 45.2 Å². The highest BCUT2D eigenvalue weighted by molar-refractivity contribution is 7.89. The summed E-state index contributed by atoms with van der Waals surface area (Å²) < 4.78 is 42.3. The number of hydrogen-bond acceptors (Lipinski definition) is 8. The highest BCUT2D eigenvalue weighted by Gasteiger charge is 2.41. The highest BCUT2D eigenvalue weighted by Crippen LogP contribution is 2.27. The average Bonchev–Trinajstić information content (AvgIpc) is 3.37. The Kier molecular flexibility index (Phi) is 8.78. The molecule has 0 radical (unpaired) electrons. The number of methoxy groups -OCH3 is 1. The SMILES string of the molecule is COC(=O)[C@H](CCC(=O)OCc1ccccc1)OC(=O)[C@@H]1CCCN1S(=O)(=O)c1ccccc1. The van der Waals surface area contributed by atoms with Gasteiger partial charge in [0.05, 0.1) is 12.0 Å². The summed E-state index contributed by atoms with van der Waals surface area (Å²) in [4.78, 5) is 37.2. The number of rotatable bonds is 10. The molecule has 9 nitrogen and oxygen atoms in total. The summed E-state index contributed by atoms with van der Waals surface area (Å²) in [7, 11) is -2.77. The molecule has 0 unspecified atom stereocenters. The topological polar surface area (TPSA) is 116 Å². The van der Waals surface area contributed by atoms with Crippen LogP contribution in [0.4, 0.5) is 0 Å². The minimum atomic E-state index is -3.91. The molecule has 0 aromatic heterocycles. The average molecular weight is 490 g/mol. The maximum Gasteiger partial charge on any atom is 0.347 e. The van der Waals surface area contributed by atoms with E-state index in [2.05, 4.69) is 0 Å². The van der Waals surface area contributed by atoms with Gasteiger partial charge >= 0.3 is 17.9 Å². The number of ether oxygens (including phenoxy) is 3. The second kappa shape index (κ2) is 11.8. The molecule has 1 heterocycles. The first-order valence-corrected chi connectivity index (χ1v) is 12.3. The fourth-order valence-electron chi connectivity index (χ4n) is 3.63. The molecule has 2 aromatic carbocycles. The maximum atomic E-state index is 13.0. The second-order valence-electron chi connectivity index (χ2n) is 7.72. The first-order chi connectivity index (χ1) is 16.3. The van der Waals surface area contributed by atoms with Crippen LogP contribution in [0.2, 0.25) is 0 Å². The standard InChI is InChI=1S/C24H27NO8S/c1-31-24(28)21(14-15-22(26)32-17-18-9-4-2-5-10-18)33-23(27)20-13-8-16-25(20)34(29,30)19-11-6-3-7-12-19/h2-7,9-12,20-21H,8,13-17H2,1H3/t20-,21-/m0/s1. The van der Waals surface area contributed by atoms with Crippen molar-refractivity contribution in [2.24, 2.45) is 0 Å². The number of carbonyl (C=O) groups is 3. The number of benzene rings is 2. The molecule has 10 heteroatoms. The van der Waals surface area contributed by atoms with Crippen molar-refractivity contribution in [3.63, 3.8) is 0 Å². The molecule has 2 atom stereocenters. The molecule has 0 N–H and O–H groups in total. The van der Waals surface area contributed by atoms with Gasteiger partial charge in [0.2, 0.25) is 10.0 Å². The predicted molar refractivity (Wildman–Crippen MR) is 121 cm³/mol. The second-order valence-corrected chi connectivity index (χ2v) is 9.61. The third-order valence-corrected chi connectivity index (χ3v) is 7.32. The van der Waals surface area contributed by atoms with Crippen LogP contribution in [0.3, 0.4) is 0 Å². The van der Waals surface area contributed by atoms with E-state index in [1.807, 2.05) is 30.3 Å². The van der Waals surface area contributed by atoms with Gasteiger partial charge in [-0.25, -0.2) is 13.2 Å². The van der Waals surface area contributed by atoms with Gasteiger partial charge in [-0.15, -0.1) is 0 Å². The quantitative estimate of drug-likeness (QED) is 0.369. The lowest BCUT2D eigenvalue weighted by molar-refractivity contribution is -0.169. The maximum absolute atomic E-state index is 13.0. The number of esters is 3. The van der Waals surface area contributed by atoms with Crippen LogP contribution in [0, 0.1) is 0 Å². The van der Waals surface area contributed by atoms with Gasteiger partial charge in [-0.2, -0.15) is 4.31 Å². The fourth-order valence-corrected chi connectivity index (χ4v) is 5.29. The molecule has 182 valence electrons. The van der Waals surface area contributed by atoms with E-state index in [1.165, 1.54) is 12.1 Å².